The Morgan fingerprint density at radius 3 is 2.68 bits per heavy atom. The summed E-state index contributed by atoms with van der Waals surface area (Å²) in [6, 6.07) is 5.83. The largest absolute Gasteiger partial charge is 0.282 e. The third-order valence-corrected chi connectivity index (χ3v) is 2.85. The van der Waals surface area contributed by atoms with E-state index in [0.29, 0.717) is 0 Å². The Labute approximate surface area is 108 Å². The number of fused-ring (bicyclic) bond motifs is 1. The lowest BCUT2D eigenvalue weighted by molar-refractivity contribution is -0.385. The van der Waals surface area contributed by atoms with Crippen LogP contribution in [0, 0.1) is 27.4 Å². The summed E-state index contributed by atoms with van der Waals surface area (Å²) in [4.78, 5) is 35.1. The van der Waals surface area contributed by atoms with E-state index in [1.807, 2.05) is 6.07 Å². The van der Waals surface area contributed by atoms with Crippen molar-refractivity contribution in [2.75, 3.05) is 6.54 Å². The van der Waals surface area contributed by atoms with Gasteiger partial charge in [-0.15, -0.1) is 0 Å². The first-order chi connectivity index (χ1) is 8.97. The van der Waals surface area contributed by atoms with Crippen LogP contribution in [0.4, 0.5) is 5.69 Å². The van der Waals surface area contributed by atoms with Crippen LogP contribution in [0.2, 0.25) is 0 Å². The quantitative estimate of drug-likeness (QED) is 0.463. The van der Waals surface area contributed by atoms with Crippen molar-refractivity contribution in [1.82, 2.24) is 4.90 Å². The van der Waals surface area contributed by atoms with Crippen LogP contribution in [-0.2, 0) is 0 Å². The molecule has 0 fully saturated rings. The summed E-state index contributed by atoms with van der Waals surface area (Å²) in [5.74, 6) is -1.83. The molecule has 0 spiro atoms. The number of benzene rings is 1. The van der Waals surface area contributed by atoms with Crippen LogP contribution in [0.5, 0.6) is 0 Å². The highest BCUT2D eigenvalue weighted by Gasteiger charge is 2.41. The molecule has 0 bridgehead atoms. The topological polar surface area (TPSA) is 104 Å². The average Bonchev–Trinajstić information content (AvgIpc) is 2.63. The van der Waals surface area contributed by atoms with Gasteiger partial charge in [-0.1, -0.05) is 6.07 Å². The molecule has 0 radical (unpaired) electrons. The van der Waals surface area contributed by atoms with Crippen LogP contribution in [-0.4, -0.2) is 28.2 Å². The third kappa shape index (κ3) is 1.93. The molecule has 7 heteroatoms. The van der Waals surface area contributed by atoms with Crippen molar-refractivity contribution in [3.05, 3.63) is 39.4 Å². The molecule has 96 valence electrons. The molecular weight excluding hydrogens is 250 g/mol. The number of hydrogen-bond acceptors (Lipinski definition) is 5. The Balaban J connectivity index is 2.48. The van der Waals surface area contributed by atoms with Gasteiger partial charge in [0.15, 0.2) is 0 Å². The van der Waals surface area contributed by atoms with E-state index in [0.717, 1.165) is 4.90 Å². The fourth-order valence-corrected chi connectivity index (χ4v) is 1.95. The molecule has 0 saturated heterocycles. The van der Waals surface area contributed by atoms with E-state index in [1.165, 1.54) is 18.2 Å². The number of carbonyl (C=O) groups is 2. The molecule has 0 aliphatic carbocycles. The summed E-state index contributed by atoms with van der Waals surface area (Å²) in [6.07, 6.45) is 0. The van der Waals surface area contributed by atoms with Gasteiger partial charge in [0.05, 0.1) is 22.5 Å². The molecule has 2 amide bonds. The summed E-state index contributed by atoms with van der Waals surface area (Å²) >= 11 is 0. The second kappa shape index (κ2) is 4.49. The second-order valence-electron chi connectivity index (χ2n) is 4.21. The predicted molar refractivity (Wildman–Crippen MR) is 63.2 cm³/mol. The third-order valence-electron chi connectivity index (χ3n) is 2.85. The first-order valence-electron chi connectivity index (χ1n) is 5.50. The average molecular weight is 259 g/mol. The lowest BCUT2D eigenvalue weighted by atomic mass is 10.1. The smallest absolute Gasteiger partial charge is 0.273 e. The zero-order valence-corrected chi connectivity index (χ0v) is 9.99. The Morgan fingerprint density at radius 2 is 2.11 bits per heavy atom. The van der Waals surface area contributed by atoms with Gasteiger partial charge in [0, 0.05) is 12.6 Å². The van der Waals surface area contributed by atoms with Crippen molar-refractivity contribution < 1.29 is 14.5 Å². The second-order valence-corrected chi connectivity index (χ2v) is 4.21. The summed E-state index contributed by atoms with van der Waals surface area (Å²) < 4.78 is 0. The number of nitro groups is 1. The van der Waals surface area contributed by atoms with E-state index < -0.39 is 22.7 Å². The molecule has 1 aromatic rings. The molecular formula is C12H9N3O4. The number of imide groups is 1. The van der Waals surface area contributed by atoms with Gasteiger partial charge in [-0.2, -0.15) is 5.26 Å². The normalized spacial score (nSPS) is 15.1. The first-order valence-corrected chi connectivity index (χ1v) is 5.50. The SMILES string of the molecule is C[C@@H](C#N)CN1C(=O)c2cccc([N+](=O)[O-])c2C1=O. The van der Waals surface area contributed by atoms with Crippen LogP contribution in [0.15, 0.2) is 18.2 Å². The number of rotatable bonds is 3. The molecule has 1 heterocycles. The summed E-state index contributed by atoms with van der Waals surface area (Å²) in [5, 5.41) is 19.6. The van der Waals surface area contributed by atoms with Crippen LogP contribution >= 0.6 is 0 Å². The molecule has 1 aromatic carbocycles. The van der Waals surface area contributed by atoms with E-state index in [4.69, 9.17) is 5.26 Å². The number of hydrogen-bond donors (Lipinski definition) is 0. The lowest BCUT2D eigenvalue weighted by Crippen LogP contribution is -2.33. The molecule has 1 aliphatic rings. The Hall–Kier alpha value is -2.75. The number of amides is 2. The van der Waals surface area contributed by atoms with Crippen LogP contribution in [0.1, 0.15) is 27.6 Å². The predicted octanol–water partition coefficient (Wildman–Crippen LogP) is 1.35. The molecule has 1 aliphatic heterocycles. The Bertz CT molecular complexity index is 632. The highest BCUT2D eigenvalue weighted by atomic mass is 16.6. The monoisotopic (exact) mass is 259 g/mol. The summed E-state index contributed by atoms with van der Waals surface area (Å²) in [7, 11) is 0. The van der Waals surface area contributed by atoms with Gasteiger partial charge in [0.1, 0.15) is 5.56 Å². The van der Waals surface area contributed by atoms with E-state index >= 15 is 0 Å². The minimum absolute atomic E-state index is 0.0179. The van der Waals surface area contributed by atoms with Crippen molar-refractivity contribution in [3.63, 3.8) is 0 Å². The van der Waals surface area contributed by atoms with Gasteiger partial charge < -0.3 is 0 Å². The van der Waals surface area contributed by atoms with Gasteiger partial charge in [-0.25, -0.2) is 0 Å². The van der Waals surface area contributed by atoms with Crippen LogP contribution in [0.25, 0.3) is 0 Å². The number of nitro benzene ring substituents is 1. The van der Waals surface area contributed by atoms with Crippen molar-refractivity contribution in [2.24, 2.45) is 5.92 Å². The molecule has 0 N–H and O–H groups in total. The number of carbonyl (C=O) groups excluding carboxylic acids is 2. The van der Waals surface area contributed by atoms with Crippen molar-refractivity contribution >= 4 is 17.5 Å². The van der Waals surface area contributed by atoms with Crippen molar-refractivity contribution in [2.45, 2.75) is 6.92 Å². The fourth-order valence-electron chi connectivity index (χ4n) is 1.95. The molecule has 7 nitrogen and oxygen atoms in total. The van der Waals surface area contributed by atoms with Gasteiger partial charge in [0.2, 0.25) is 0 Å². The number of nitrogens with zero attached hydrogens (tertiary/aromatic N) is 3. The van der Waals surface area contributed by atoms with Gasteiger partial charge in [0.25, 0.3) is 17.5 Å². The maximum Gasteiger partial charge on any atom is 0.282 e. The fraction of sp³-hybridized carbons (Fsp3) is 0.250. The number of nitriles is 1. The Kier molecular flexibility index (Phi) is 3.00. The summed E-state index contributed by atoms with van der Waals surface area (Å²) in [5.41, 5.74) is -0.560. The molecule has 0 aromatic heterocycles. The van der Waals surface area contributed by atoms with Gasteiger partial charge in [-0.05, 0) is 13.0 Å². The molecule has 2 rings (SSSR count). The maximum atomic E-state index is 12.1. The van der Waals surface area contributed by atoms with Gasteiger partial charge >= 0.3 is 0 Å². The van der Waals surface area contributed by atoms with Crippen molar-refractivity contribution in [1.29, 1.82) is 5.26 Å². The molecule has 1 atom stereocenters. The minimum atomic E-state index is -0.714. The summed E-state index contributed by atoms with van der Waals surface area (Å²) in [6.45, 7) is 1.50. The standard InChI is InChI=1S/C12H9N3O4/c1-7(5-13)6-14-11(16)8-3-2-4-9(15(18)19)10(8)12(14)17/h2-4,7H,6H2,1H3/t7-/m0/s1. The highest BCUT2D eigenvalue weighted by molar-refractivity contribution is 6.23. The zero-order valence-electron chi connectivity index (χ0n) is 9.99. The molecule has 0 unspecified atom stereocenters. The van der Waals surface area contributed by atoms with Crippen LogP contribution in [0.3, 0.4) is 0 Å². The minimum Gasteiger partial charge on any atom is -0.273 e. The van der Waals surface area contributed by atoms with Crippen molar-refractivity contribution in [3.8, 4) is 6.07 Å². The lowest BCUT2D eigenvalue weighted by Gasteiger charge is -2.14. The maximum absolute atomic E-state index is 12.1. The van der Waals surface area contributed by atoms with E-state index in [-0.39, 0.29) is 23.4 Å². The van der Waals surface area contributed by atoms with Crippen LogP contribution < -0.4 is 0 Å². The molecule has 19 heavy (non-hydrogen) atoms. The van der Waals surface area contributed by atoms with E-state index in [2.05, 4.69) is 0 Å². The Morgan fingerprint density at radius 1 is 1.42 bits per heavy atom. The highest BCUT2D eigenvalue weighted by Crippen LogP contribution is 2.30. The van der Waals surface area contributed by atoms with E-state index in [1.54, 1.807) is 6.92 Å². The van der Waals surface area contributed by atoms with Gasteiger partial charge in [-0.3, -0.25) is 24.6 Å². The molecule has 0 saturated carbocycles. The first kappa shape index (κ1) is 12.7. The zero-order chi connectivity index (χ0) is 14.2. The van der Waals surface area contributed by atoms with E-state index in [9.17, 15) is 19.7 Å².